The monoisotopic (exact) mass is 503 g/mol. The average molecular weight is 504 g/mol. The molecular weight excluding hydrogens is 471 g/mol. The van der Waals surface area contributed by atoms with Gasteiger partial charge in [0.15, 0.2) is 12.2 Å². The minimum atomic E-state index is 0.181. The summed E-state index contributed by atoms with van der Waals surface area (Å²) in [6, 6.07) is 12.7. The molecule has 1 aliphatic heterocycles. The second kappa shape index (κ2) is 12.8. The van der Waals surface area contributed by atoms with Gasteiger partial charge >= 0.3 is 33.3 Å². The van der Waals surface area contributed by atoms with E-state index >= 15 is 0 Å². The summed E-state index contributed by atoms with van der Waals surface area (Å²) in [6.07, 6.45) is 3.68. The Kier molecular flexibility index (Phi) is 10.7. The van der Waals surface area contributed by atoms with Crippen molar-refractivity contribution < 1.29 is 17.9 Å². The zero-order valence-electron chi connectivity index (χ0n) is 19.2. The summed E-state index contributed by atoms with van der Waals surface area (Å²) in [6.45, 7) is 12.8. The van der Waals surface area contributed by atoms with Crippen LogP contribution in [0.25, 0.3) is 0 Å². The third kappa shape index (κ3) is 7.44. The molecule has 3 nitrogen and oxygen atoms in total. The van der Waals surface area contributed by atoms with Crippen LogP contribution >= 0.6 is 20.2 Å². The molecule has 1 aliphatic rings. The summed E-state index contributed by atoms with van der Waals surface area (Å²) >= 11 is 0.194. The second-order valence-electron chi connectivity index (χ2n) is 8.15. The van der Waals surface area contributed by atoms with Crippen LogP contribution < -0.4 is 0 Å². The Balaban J connectivity index is 0.00000107. The van der Waals surface area contributed by atoms with Gasteiger partial charge in [-0.3, -0.25) is 0 Å². The molecule has 1 saturated heterocycles. The maximum absolute atomic E-state index is 5.13. The molecule has 0 aromatic heterocycles. The van der Waals surface area contributed by atoms with Gasteiger partial charge in [0.1, 0.15) is 0 Å². The molecule has 0 radical (unpaired) electrons. The van der Waals surface area contributed by atoms with Crippen molar-refractivity contribution >= 4 is 43.0 Å². The van der Waals surface area contributed by atoms with Crippen molar-refractivity contribution in [1.82, 2.24) is 0 Å². The van der Waals surface area contributed by atoms with E-state index in [0.717, 1.165) is 42.1 Å². The van der Waals surface area contributed by atoms with Crippen LogP contribution in [-0.2, 0) is 13.1 Å². The molecule has 1 fully saturated rings. The first-order valence-corrected chi connectivity index (χ1v) is 13.6. The van der Waals surface area contributed by atoms with E-state index in [1.165, 1.54) is 22.3 Å². The molecule has 2 unspecified atom stereocenters. The Morgan fingerprint density at radius 2 is 1.10 bits per heavy atom. The van der Waals surface area contributed by atoms with E-state index in [9.17, 15) is 0 Å². The molecule has 2 atom stereocenters. The summed E-state index contributed by atoms with van der Waals surface area (Å²) in [4.78, 5) is 9.94. The minimum absolute atomic E-state index is 0.181. The summed E-state index contributed by atoms with van der Waals surface area (Å²) in [5.41, 5.74) is 9.30. The molecule has 170 valence electrons. The molecule has 0 saturated carbocycles. The molecule has 2 aromatic rings. The number of benzene rings is 2. The fourth-order valence-electron chi connectivity index (χ4n) is 3.97. The number of nitrogens with zero attached hydrogens (tertiary/aromatic N) is 2. The number of aliphatic imine (C=N–C) groups is 2. The van der Waals surface area contributed by atoms with Crippen molar-refractivity contribution in [2.45, 2.75) is 73.0 Å². The van der Waals surface area contributed by atoms with Crippen LogP contribution in [0.3, 0.4) is 0 Å². The summed E-state index contributed by atoms with van der Waals surface area (Å²) in [7, 11) is 9.53. The standard InChI is InChI=1S/C25H32N2O.2ClH.Fe/c1-16-10-7-11-17(2)24(16)26-20(5)22-14-9-15-23(28-22)21(6)27-25-18(3)12-8-13-19(25)4;;;/h7-8,10-13,22-23H,9,14-15H2,1-6H3;2*1H;/q;;;+2/p-1. The molecule has 0 bridgehead atoms. The van der Waals surface area contributed by atoms with Gasteiger partial charge in [-0.1, -0.05) is 36.4 Å². The van der Waals surface area contributed by atoms with Gasteiger partial charge in [0.05, 0.1) is 22.8 Å². The van der Waals surface area contributed by atoms with Gasteiger partial charge in [-0.25, -0.2) is 9.98 Å². The Morgan fingerprint density at radius 3 is 1.42 bits per heavy atom. The molecule has 6 heteroatoms. The van der Waals surface area contributed by atoms with Crippen LogP contribution in [0.15, 0.2) is 46.4 Å². The molecule has 3 rings (SSSR count). The molecule has 1 N–H and O–H groups in total. The van der Waals surface area contributed by atoms with Gasteiger partial charge in [-0.15, -0.1) is 0 Å². The van der Waals surface area contributed by atoms with Gasteiger partial charge in [0.2, 0.25) is 0 Å². The van der Waals surface area contributed by atoms with E-state index in [2.05, 4.69) is 77.9 Å². The van der Waals surface area contributed by atoms with Crippen LogP contribution in [0, 0.1) is 27.7 Å². The Hall–Kier alpha value is -1.16. The van der Waals surface area contributed by atoms with Gasteiger partial charge in [-0.2, -0.15) is 0 Å². The predicted molar refractivity (Wildman–Crippen MR) is 133 cm³/mol. The Bertz CT molecular complexity index is 829. The first-order chi connectivity index (χ1) is 14.8. The van der Waals surface area contributed by atoms with E-state index in [1.54, 1.807) is 0 Å². The molecule has 1 heterocycles. The van der Waals surface area contributed by atoms with Crippen molar-refractivity contribution in [3.05, 3.63) is 58.7 Å². The van der Waals surface area contributed by atoms with Gasteiger partial charge in [-0.05, 0) is 70.2 Å². The zero-order chi connectivity index (χ0) is 23.0. The molecule has 0 amide bonds. The summed E-state index contributed by atoms with van der Waals surface area (Å²) in [5, 5.41) is 0. The van der Waals surface area contributed by atoms with Crippen molar-refractivity contribution in [2.24, 2.45) is 9.98 Å². The first kappa shape index (κ1) is 26.1. The number of aryl methyl sites for hydroxylation is 4. The van der Waals surface area contributed by atoms with E-state index in [1.807, 2.05) is 0 Å². The third-order valence-electron chi connectivity index (χ3n) is 5.73. The van der Waals surface area contributed by atoms with Crippen LogP contribution in [0.4, 0.5) is 11.4 Å². The quantitative estimate of drug-likeness (QED) is 0.233. The van der Waals surface area contributed by atoms with Crippen LogP contribution in [0.5, 0.6) is 0 Å². The van der Waals surface area contributed by atoms with E-state index in [4.69, 9.17) is 34.9 Å². The summed E-state index contributed by atoms with van der Waals surface area (Å²) < 4.78 is 5.13. The number of ether oxygens (including phenoxy) is 1. The molecule has 31 heavy (non-hydrogen) atoms. The van der Waals surface area contributed by atoms with Gasteiger partial charge in [0, 0.05) is 12.8 Å². The summed E-state index contributed by atoms with van der Waals surface area (Å²) in [5.74, 6) is 0. The third-order valence-corrected chi connectivity index (χ3v) is 5.73. The van der Waals surface area contributed by atoms with Crippen molar-refractivity contribution in [3.8, 4) is 0 Å². The molecule has 2 aromatic carbocycles. The number of rotatable bonds is 4. The Labute approximate surface area is 201 Å². The molecule has 0 aliphatic carbocycles. The maximum atomic E-state index is 5.13. The number of hydrogen-bond donors (Lipinski definition) is 0. The topological polar surface area (TPSA) is 37.5 Å². The van der Waals surface area contributed by atoms with Crippen LogP contribution in [0.1, 0.15) is 55.4 Å². The van der Waals surface area contributed by atoms with Crippen molar-refractivity contribution in [2.75, 3.05) is 0 Å². The van der Waals surface area contributed by atoms with Crippen LogP contribution in [-0.4, -0.2) is 28.4 Å². The average Bonchev–Trinajstić information content (AvgIpc) is 2.74. The predicted octanol–water partition coefficient (Wildman–Crippen LogP) is 7.63. The Morgan fingerprint density at radius 1 is 0.774 bits per heavy atom. The van der Waals surface area contributed by atoms with Crippen LogP contribution in [0.2, 0.25) is 0 Å². The fraction of sp³-hybridized carbons (Fsp3) is 0.440. The molecule has 0 spiro atoms. The molecular formula is C25H33Cl2FeN2O+. The van der Waals surface area contributed by atoms with E-state index in [0.29, 0.717) is 0 Å². The zero-order valence-corrected chi connectivity index (χ0v) is 21.8. The number of aliphatic hydroxyl groups is 2. The van der Waals surface area contributed by atoms with Crippen molar-refractivity contribution in [3.63, 3.8) is 0 Å². The van der Waals surface area contributed by atoms with Gasteiger partial charge < -0.3 is 4.74 Å². The number of hydrogen-bond acceptors (Lipinski definition) is 2. The second-order valence-corrected chi connectivity index (χ2v) is 9.97. The number of para-hydroxylation sites is 2. The van der Waals surface area contributed by atoms with E-state index < -0.39 is 0 Å². The van der Waals surface area contributed by atoms with E-state index in [-0.39, 0.29) is 25.3 Å². The van der Waals surface area contributed by atoms with Crippen molar-refractivity contribution in [1.29, 1.82) is 0 Å². The SMILES string of the molecule is CC(=Nc1c(C)cccc1C)C1CCCC(C(C)=Nc2c(C)cccc2C)[OH+]1.[Cl][Fe][Cl]. The number of halogens is 2. The van der Waals surface area contributed by atoms with Gasteiger partial charge in [0.25, 0.3) is 0 Å². The first-order valence-electron chi connectivity index (χ1n) is 10.6. The normalized spacial score (nSPS) is 19.7. The fourth-order valence-corrected chi connectivity index (χ4v) is 3.97.